The molecule has 1 aliphatic rings. The molecule has 4 heterocycles. The van der Waals surface area contributed by atoms with Crippen molar-refractivity contribution in [1.82, 2.24) is 29.8 Å². The standard InChI is InChI=1S/C17H16N6O/c24-17(12-3-1-5-18-11-12)23-10-2-4-13(23)14-15(20-7-6-19-14)16-21-8-9-22-16/h1,3,5-9,11,13H,2,4,10H2,(H,21,22)/t13-/m1/s1. The van der Waals surface area contributed by atoms with Gasteiger partial charge in [0.2, 0.25) is 0 Å². The molecular weight excluding hydrogens is 304 g/mol. The predicted octanol–water partition coefficient (Wildman–Crippen LogP) is 2.24. The van der Waals surface area contributed by atoms with E-state index in [0.717, 1.165) is 18.5 Å². The lowest BCUT2D eigenvalue weighted by molar-refractivity contribution is 0.0732. The van der Waals surface area contributed by atoms with Gasteiger partial charge in [-0.2, -0.15) is 0 Å². The third-order valence-corrected chi connectivity index (χ3v) is 4.19. The zero-order valence-corrected chi connectivity index (χ0v) is 13.0. The molecule has 4 rings (SSSR count). The van der Waals surface area contributed by atoms with E-state index in [2.05, 4.69) is 24.9 Å². The predicted molar refractivity (Wildman–Crippen MR) is 86.9 cm³/mol. The molecule has 120 valence electrons. The van der Waals surface area contributed by atoms with Gasteiger partial charge in [0, 0.05) is 43.7 Å². The van der Waals surface area contributed by atoms with Crippen LogP contribution in [-0.4, -0.2) is 42.3 Å². The van der Waals surface area contributed by atoms with Gasteiger partial charge in [0.05, 0.1) is 17.3 Å². The zero-order valence-electron chi connectivity index (χ0n) is 13.0. The van der Waals surface area contributed by atoms with Crippen LogP contribution in [0.2, 0.25) is 0 Å². The van der Waals surface area contributed by atoms with Gasteiger partial charge in [0.15, 0.2) is 5.82 Å². The number of hydrogen-bond acceptors (Lipinski definition) is 5. The molecule has 24 heavy (non-hydrogen) atoms. The molecule has 0 saturated carbocycles. The van der Waals surface area contributed by atoms with Gasteiger partial charge in [-0.15, -0.1) is 0 Å². The Morgan fingerprint density at radius 1 is 1.17 bits per heavy atom. The third kappa shape index (κ3) is 2.54. The van der Waals surface area contributed by atoms with E-state index in [1.807, 2.05) is 4.90 Å². The van der Waals surface area contributed by atoms with Crippen LogP contribution in [0.4, 0.5) is 0 Å². The second kappa shape index (κ2) is 6.19. The lowest BCUT2D eigenvalue weighted by Crippen LogP contribution is -2.31. The van der Waals surface area contributed by atoms with E-state index in [-0.39, 0.29) is 11.9 Å². The Balaban J connectivity index is 1.70. The van der Waals surface area contributed by atoms with Crippen LogP contribution in [0.3, 0.4) is 0 Å². The first kappa shape index (κ1) is 14.5. The van der Waals surface area contributed by atoms with E-state index in [1.165, 1.54) is 0 Å². The van der Waals surface area contributed by atoms with E-state index in [9.17, 15) is 4.79 Å². The SMILES string of the molecule is O=C(c1cccnc1)N1CCC[C@@H]1c1nccnc1-c1ncc[nH]1. The number of nitrogens with one attached hydrogen (secondary N) is 1. The number of imidazole rings is 1. The monoisotopic (exact) mass is 320 g/mol. The van der Waals surface area contributed by atoms with Crippen molar-refractivity contribution >= 4 is 5.91 Å². The van der Waals surface area contributed by atoms with E-state index >= 15 is 0 Å². The Kier molecular flexibility index (Phi) is 3.74. The number of carbonyl (C=O) groups excluding carboxylic acids is 1. The highest BCUT2D eigenvalue weighted by atomic mass is 16.2. The zero-order chi connectivity index (χ0) is 16.4. The maximum absolute atomic E-state index is 12.8. The molecule has 0 radical (unpaired) electrons. The Labute approximate surface area is 138 Å². The average Bonchev–Trinajstić information content (AvgIpc) is 3.33. The van der Waals surface area contributed by atoms with Crippen molar-refractivity contribution in [3.63, 3.8) is 0 Å². The largest absolute Gasteiger partial charge is 0.343 e. The maximum Gasteiger partial charge on any atom is 0.255 e. The van der Waals surface area contributed by atoms with Crippen LogP contribution in [0.1, 0.15) is 34.9 Å². The van der Waals surface area contributed by atoms with Crippen LogP contribution in [0.15, 0.2) is 49.3 Å². The fraction of sp³-hybridized carbons (Fsp3) is 0.235. The van der Waals surface area contributed by atoms with Gasteiger partial charge >= 0.3 is 0 Å². The molecular formula is C17H16N6O. The molecule has 0 unspecified atom stereocenters. The number of aromatic amines is 1. The summed E-state index contributed by atoms with van der Waals surface area (Å²) in [5, 5.41) is 0. The number of H-pyrrole nitrogens is 1. The van der Waals surface area contributed by atoms with Crippen molar-refractivity contribution in [2.75, 3.05) is 6.54 Å². The minimum atomic E-state index is -0.105. The summed E-state index contributed by atoms with van der Waals surface area (Å²) in [7, 11) is 0. The molecule has 1 aliphatic heterocycles. The first-order valence-corrected chi connectivity index (χ1v) is 7.86. The third-order valence-electron chi connectivity index (χ3n) is 4.19. The lowest BCUT2D eigenvalue weighted by atomic mass is 10.1. The maximum atomic E-state index is 12.8. The first-order chi connectivity index (χ1) is 11.8. The van der Waals surface area contributed by atoms with Crippen LogP contribution < -0.4 is 0 Å². The average molecular weight is 320 g/mol. The van der Waals surface area contributed by atoms with Crippen molar-refractivity contribution in [2.24, 2.45) is 0 Å². The molecule has 3 aromatic rings. The van der Waals surface area contributed by atoms with Crippen molar-refractivity contribution in [2.45, 2.75) is 18.9 Å². The summed E-state index contributed by atoms with van der Waals surface area (Å²) >= 11 is 0. The number of likely N-dealkylation sites (tertiary alicyclic amines) is 1. The van der Waals surface area contributed by atoms with Crippen LogP contribution in [-0.2, 0) is 0 Å². The van der Waals surface area contributed by atoms with Gasteiger partial charge in [-0.05, 0) is 25.0 Å². The summed E-state index contributed by atoms with van der Waals surface area (Å²) < 4.78 is 0. The van der Waals surface area contributed by atoms with Crippen LogP contribution in [0.25, 0.3) is 11.5 Å². The molecule has 0 aromatic carbocycles. The Hall–Kier alpha value is -3.09. The summed E-state index contributed by atoms with van der Waals surface area (Å²) in [5.74, 6) is 0.639. The van der Waals surface area contributed by atoms with Gasteiger partial charge in [-0.3, -0.25) is 14.8 Å². The van der Waals surface area contributed by atoms with E-state index in [4.69, 9.17) is 0 Å². The Bertz CT molecular complexity index is 833. The van der Waals surface area contributed by atoms with Crippen LogP contribution in [0.5, 0.6) is 0 Å². The summed E-state index contributed by atoms with van der Waals surface area (Å²) in [6.45, 7) is 0.701. The molecule has 7 heteroatoms. The highest BCUT2D eigenvalue weighted by molar-refractivity contribution is 5.94. The van der Waals surface area contributed by atoms with Crippen molar-refractivity contribution in [3.05, 3.63) is 60.6 Å². The van der Waals surface area contributed by atoms with E-state index < -0.39 is 0 Å². The summed E-state index contributed by atoms with van der Waals surface area (Å²) in [6.07, 6.45) is 11.8. The fourth-order valence-electron chi connectivity index (χ4n) is 3.12. The Morgan fingerprint density at radius 2 is 2.08 bits per heavy atom. The van der Waals surface area contributed by atoms with Gasteiger partial charge in [0.25, 0.3) is 5.91 Å². The van der Waals surface area contributed by atoms with Crippen molar-refractivity contribution in [1.29, 1.82) is 0 Å². The number of amides is 1. The number of aromatic nitrogens is 5. The molecule has 0 aliphatic carbocycles. The minimum Gasteiger partial charge on any atom is -0.343 e. The highest BCUT2D eigenvalue weighted by Crippen LogP contribution is 2.35. The first-order valence-electron chi connectivity index (χ1n) is 7.86. The second-order valence-corrected chi connectivity index (χ2v) is 5.63. The molecule has 7 nitrogen and oxygen atoms in total. The summed E-state index contributed by atoms with van der Waals surface area (Å²) in [4.78, 5) is 35.0. The summed E-state index contributed by atoms with van der Waals surface area (Å²) in [6, 6.07) is 3.45. The van der Waals surface area contributed by atoms with Crippen molar-refractivity contribution in [3.8, 4) is 11.5 Å². The van der Waals surface area contributed by atoms with Gasteiger partial charge in [-0.1, -0.05) is 0 Å². The fourth-order valence-corrected chi connectivity index (χ4v) is 3.12. The van der Waals surface area contributed by atoms with Gasteiger partial charge < -0.3 is 9.88 Å². The normalized spacial score (nSPS) is 17.2. The number of rotatable bonds is 3. The van der Waals surface area contributed by atoms with Crippen LogP contribution >= 0.6 is 0 Å². The van der Waals surface area contributed by atoms with Crippen LogP contribution in [0, 0.1) is 0 Å². The quantitative estimate of drug-likeness (QED) is 0.799. The molecule has 1 N–H and O–H groups in total. The summed E-state index contributed by atoms with van der Waals surface area (Å²) in [5.41, 5.74) is 2.06. The highest BCUT2D eigenvalue weighted by Gasteiger charge is 2.34. The number of pyridine rings is 1. The van der Waals surface area contributed by atoms with E-state index in [1.54, 1.807) is 49.3 Å². The Morgan fingerprint density at radius 3 is 2.88 bits per heavy atom. The van der Waals surface area contributed by atoms with Crippen molar-refractivity contribution < 1.29 is 4.79 Å². The number of carbonyl (C=O) groups is 1. The smallest absolute Gasteiger partial charge is 0.255 e. The molecule has 3 aromatic heterocycles. The molecule has 0 bridgehead atoms. The second-order valence-electron chi connectivity index (χ2n) is 5.63. The van der Waals surface area contributed by atoms with Gasteiger partial charge in [-0.25, -0.2) is 9.97 Å². The van der Waals surface area contributed by atoms with Gasteiger partial charge in [0.1, 0.15) is 5.69 Å². The molecule has 1 atom stereocenters. The number of hydrogen-bond donors (Lipinski definition) is 1. The molecule has 1 saturated heterocycles. The minimum absolute atomic E-state index is 0.0263. The van der Waals surface area contributed by atoms with E-state index in [0.29, 0.717) is 23.6 Å². The molecule has 1 amide bonds. The lowest BCUT2D eigenvalue weighted by Gasteiger charge is -2.25. The number of nitrogens with zero attached hydrogens (tertiary/aromatic N) is 5. The molecule has 1 fully saturated rings. The topological polar surface area (TPSA) is 87.7 Å². The molecule has 0 spiro atoms.